The van der Waals surface area contributed by atoms with Crippen LogP contribution in [0.3, 0.4) is 0 Å². The first-order chi connectivity index (χ1) is 10.3. The topological polar surface area (TPSA) is 47.3 Å². The summed E-state index contributed by atoms with van der Waals surface area (Å²) < 4.78 is 45.0. The minimum absolute atomic E-state index is 0.168. The van der Waals surface area contributed by atoms with Crippen molar-refractivity contribution >= 4 is 5.69 Å². The number of nitrogens with two attached hydrogens (primary N) is 1. The molecule has 0 spiro atoms. The SMILES string of the molecule is [2H]C1([2H])CC(c2cc(OC([2H])(C)C)c(N)cc2C)CC([2H])([2H])N1. The van der Waals surface area contributed by atoms with E-state index in [0.717, 1.165) is 11.1 Å². The lowest BCUT2D eigenvalue weighted by Crippen LogP contribution is -2.27. The van der Waals surface area contributed by atoms with Crippen LogP contribution in [0.15, 0.2) is 12.1 Å². The van der Waals surface area contributed by atoms with E-state index in [-0.39, 0.29) is 18.8 Å². The third-order valence-corrected chi connectivity index (χ3v) is 3.03. The largest absolute Gasteiger partial charge is 0.489 e. The van der Waals surface area contributed by atoms with E-state index in [2.05, 4.69) is 5.32 Å². The second-order valence-electron chi connectivity index (χ2n) is 4.84. The van der Waals surface area contributed by atoms with Gasteiger partial charge in [0, 0.05) is 5.48 Å². The zero-order valence-corrected chi connectivity index (χ0v) is 11.1. The maximum Gasteiger partial charge on any atom is 0.142 e. The molecule has 18 heavy (non-hydrogen) atoms. The summed E-state index contributed by atoms with van der Waals surface area (Å²) >= 11 is 0. The normalized spacial score (nSPS) is 27.4. The molecule has 0 aromatic heterocycles. The molecule has 1 heterocycles. The summed E-state index contributed by atoms with van der Waals surface area (Å²) in [7, 11) is 0. The van der Waals surface area contributed by atoms with Crippen LogP contribution in [0, 0.1) is 6.92 Å². The number of nitrogens with one attached hydrogen (secondary N) is 1. The lowest BCUT2D eigenvalue weighted by molar-refractivity contribution is 0.243. The minimum Gasteiger partial charge on any atom is -0.489 e. The highest BCUT2D eigenvalue weighted by molar-refractivity contribution is 5.57. The summed E-state index contributed by atoms with van der Waals surface area (Å²) in [5.74, 6) is 0.0864. The first-order valence-electron chi connectivity index (χ1n) is 8.66. The van der Waals surface area contributed by atoms with Gasteiger partial charge in [-0.1, -0.05) is 0 Å². The van der Waals surface area contributed by atoms with Gasteiger partial charge in [-0.2, -0.15) is 0 Å². The van der Waals surface area contributed by atoms with Gasteiger partial charge in [-0.3, -0.25) is 0 Å². The van der Waals surface area contributed by atoms with Gasteiger partial charge in [0.25, 0.3) is 0 Å². The van der Waals surface area contributed by atoms with Gasteiger partial charge < -0.3 is 15.8 Å². The van der Waals surface area contributed by atoms with E-state index in [0.29, 0.717) is 11.4 Å². The highest BCUT2D eigenvalue weighted by Crippen LogP contribution is 2.34. The Hall–Kier alpha value is -1.22. The molecule has 1 aliphatic heterocycles. The van der Waals surface area contributed by atoms with Crippen molar-refractivity contribution in [3.8, 4) is 5.75 Å². The van der Waals surface area contributed by atoms with E-state index < -0.39 is 19.1 Å². The van der Waals surface area contributed by atoms with Crippen LogP contribution >= 0.6 is 0 Å². The van der Waals surface area contributed by atoms with Crippen LogP contribution in [0.2, 0.25) is 0 Å². The fourth-order valence-electron chi connectivity index (χ4n) is 2.18. The number of anilines is 1. The lowest BCUT2D eigenvalue weighted by atomic mass is 9.87. The van der Waals surface area contributed by atoms with E-state index in [1.165, 1.54) is 0 Å². The average molecular weight is 253 g/mol. The smallest absolute Gasteiger partial charge is 0.142 e. The molecule has 0 saturated carbocycles. The monoisotopic (exact) mass is 253 g/mol. The van der Waals surface area contributed by atoms with E-state index in [1.807, 2.05) is 6.92 Å². The van der Waals surface area contributed by atoms with Gasteiger partial charge in [0.05, 0.1) is 13.1 Å². The van der Waals surface area contributed by atoms with Crippen molar-refractivity contribution < 1.29 is 11.6 Å². The molecule has 1 aliphatic rings. The molecular formula is C15H24N2O. The molecule has 0 unspecified atom stereocenters. The molecule has 1 aromatic carbocycles. The summed E-state index contributed by atoms with van der Waals surface area (Å²) in [5.41, 5.74) is 8.07. The van der Waals surface area contributed by atoms with Crippen LogP contribution < -0.4 is 15.8 Å². The zero-order valence-electron chi connectivity index (χ0n) is 16.1. The lowest BCUT2D eigenvalue weighted by Gasteiger charge is -2.25. The van der Waals surface area contributed by atoms with Gasteiger partial charge in [0.15, 0.2) is 0 Å². The van der Waals surface area contributed by atoms with Crippen LogP contribution in [-0.2, 0) is 0 Å². The maximum absolute atomic E-state index is 7.90. The van der Waals surface area contributed by atoms with E-state index in [9.17, 15) is 0 Å². The van der Waals surface area contributed by atoms with Gasteiger partial charge in [0.1, 0.15) is 5.75 Å². The molecule has 1 fully saturated rings. The molecule has 3 heteroatoms. The Morgan fingerprint density at radius 2 is 2.11 bits per heavy atom. The molecule has 0 radical (unpaired) electrons. The molecule has 1 aromatic rings. The molecule has 0 atom stereocenters. The van der Waals surface area contributed by atoms with E-state index >= 15 is 0 Å². The number of nitrogen functional groups attached to an aromatic ring is 1. The summed E-state index contributed by atoms with van der Waals surface area (Å²) in [4.78, 5) is 0. The fraction of sp³-hybridized carbons (Fsp3) is 0.600. The Bertz CT molecular complexity index is 582. The van der Waals surface area contributed by atoms with Crippen LogP contribution in [0.5, 0.6) is 5.75 Å². The van der Waals surface area contributed by atoms with E-state index in [4.69, 9.17) is 17.3 Å². The molecule has 0 aliphatic carbocycles. The molecule has 100 valence electrons. The molecule has 0 bridgehead atoms. The number of benzene rings is 1. The zero-order chi connectivity index (χ0) is 17.6. The Balaban J connectivity index is 2.40. The summed E-state index contributed by atoms with van der Waals surface area (Å²) in [5, 5.41) is 2.40. The molecule has 0 amide bonds. The highest BCUT2D eigenvalue weighted by atomic mass is 16.5. The van der Waals surface area contributed by atoms with Gasteiger partial charge in [-0.15, -0.1) is 0 Å². The molecular weight excluding hydrogens is 224 g/mol. The second kappa shape index (κ2) is 5.61. The number of piperidine rings is 1. The Kier molecular flexibility index (Phi) is 2.51. The summed E-state index contributed by atoms with van der Waals surface area (Å²) in [6.07, 6.45) is -0.806. The predicted octanol–water partition coefficient (Wildman–Crippen LogP) is 2.83. The van der Waals surface area contributed by atoms with Gasteiger partial charge in [0.2, 0.25) is 0 Å². The van der Waals surface area contributed by atoms with E-state index in [1.54, 1.807) is 26.0 Å². The number of ether oxygens (including phenoxy) is 1. The maximum atomic E-state index is 7.90. The Morgan fingerprint density at radius 1 is 1.44 bits per heavy atom. The first kappa shape index (κ1) is 8.05. The summed E-state index contributed by atoms with van der Waals surface area (Å²) in [6, 6.07) is 3.46. The van der Waals surface area contributed by atoms with Gasteiger partial charge in [-0.05, 0) is 75.8 Å². The van der Waals surface area contributed by atoms with Crippen molar-refractivity contribution in [2.75, 3.05) is 18.7 Å². The van der Waals surface area contributed by atoms with Crippen molar-refractivity contribution in [1.29, 1.82) is 0 Å². The Morgan fingerprint density at radius 3 is 2.72 bits per heavy atom. The fourth-order valence-corrected chi connectivity index (χ4v) is 2.18. The summed E-state index contributed by atoms with van der Waals surface area (Å²) in [6.45, 7) is 1.52. The molecule has 1 saturated heterocycles. The molecule has 2 rings (SSSR count). The van der Waals surface area contributed by atoms with Crippen LogP contribution in [-0.4, -0.2) is 19.1 Å². The molecule has 3 nitrogen and oxygen atoms in total. The van der Waals surface area contributed by atoms with Crippen molar-refractivity contribution in [1.82, 2.24) is 5.32 Å². The molecule has 3 N–H and O–H groups in total. The number of hydrogen-bond donors (Lipinski definition) is 2. The van der Waals surface area contributed by atoms with Crippen molar-refractivity contribution in [2.45, 2.75) is 45.6 Å². The number of aryl methyl sites for hydroxylation is 1. The predicted molar refractivity (Wildman–Crippen MR) is 76.2 cm³/mol. The highest BCUT2D eigenvalue weighted by Gasteiger charge is 2.19. The number of hydrogen-bond acceptors (Lipinski definition) is 3. The average Bonchev–Trinajstić information content (AvgIpc) is 2.26. The second-order valence-corrected chi connectivity index (χ2v) is 4.84. The first-order valence-corrected chi connectivity index (χ1v) is 6.16. The third-order valence-electron chi connectivity index (χ3n) is 3.03. The van der Waals surface area contributed by atoms with Crippen molar-refractivity contribution in [3.05, 3.63) is 23.3 Å². The third kappa shape index (κ3) is 2.96. The van der Waals surface area contributed by atoms with Crippen LogP contribution in [0.1, 0.15) is 50.6 Å². The van der Waals surface area contributed by atoms with Crippen LogP contribution in [0.4, 0.5) is 5.69 Å². The minimum atomic E-state index is -1.78. The van der Waals surface area contributed by atoms with Gasteiger partial charge in [-0.25, -0.2) is 0 Å². The van der Waals surface area contributed by atoms with Crippen molar-refractivity contribution in [3.63, 3.8) is 0 Å². The Labute approximate surface area is 117 Å². The number of rotatable bonds is 3. The quantitative estimate of drug-likeness (QED) is 0.814. The van der Waals surface area contributed by atoms with Gasteiger partial charge >= 0.3 is 0 Å². The van der Waals surface area contributed by atoms with Crippen LogP contribution in [0.25, 0.3) is 0 Å². The standard InChI is InChI=1S/C15H24N2O/c1-10(2)18-15-9-13(11(3)8-14(15)16)12-4-6-17-7-5-12/h8-10,12,17H,4-7,16H2,1-3H3/i6D2,7D2,10D. The van der Waals surface area contributed by atoms with Crippen molar-refractivity contribution in [2.24, 2.45) is 0 Å².